The van der Waals surface area contributed by atoms with Gasteiger partial charge in [0.25, 0.3) is 11.8 Å². The van der Waals surface area contributed by atoms with Crippen LogP contribution in [0.4, 0.5) is 4.79 Å². The lowest BCUT2D eigenvalue weighted by Gasteiger charge is -2.34. The maximum absolute atomic E-state index is 13.1. The van der Waals surface area contributed by atoms with E-state index in [1.54, 1.807) is 12.1 Å². The van der Waals surface area contributed by atoms with Crippen LogP contribution in [-0.4, -0.2) is 95.8 Å². The van der Waals surface area contributed by atoms with Crippen LogP contribution in [0.1, 0.15) is 31.7 Å². The first-order chi connectivity index (χ1) is 15.9. The number of carbonyl (C=O) groups is 4. The Kier molecular flexibility index (Phi) is 6.94. The summed E-state index contributed by atoms with van der Waals surface area (Å²) in [6.45, 7) is 6.71. The molecule has 3 saturated heterocycles. The summed E-state index contributed by atoms with van der Waals surface area (Å²) in [4.78, 5) is 56.6. The molecule has 3 aliphatic heterocycles. The van der Waals surface area contributed by atoms with Crippen molar-refractivity contribution in [1.29, 1.82) is 0 Å². The number of urea groups is 1. The lowest BCUT2D eigenvalue weighted by atomic mass is 9.87. The summed E-state index contributed by atoms with van der Waals surface area (Å²) in [7, 11) is 0. The fourth-order valence-electron chi connectivity index (χ4n) is 4.77. The van der Waals surface area contributed by atoms with Crippen molar-refractivity contribution in [3.8, 4) is 0 Å². The van der Waals surface area contributed by atoms with Crippen molar-refractivity contribution in [2.75, 3.05) is 52.4 Å². The van der Waals surface area contributed by atoms with E-state index in [1.807, 2.05) is 34.9 Å². The van der Waals surface area contributed by atoms with Crippen molar-refractivity contribution in [3.63, 3.8) is 0 Å². The molecule has 10 nitrogen and oxygen atoms in total. The molecule has 1 unspecified atom stereocenters. The number of hydrogen-bond acceptors (Lipinski definition) is 6. The Morgan fingerprint density at radius 3 is 2.15 bits per heavy atom. The zero-order valence-corrected chi connectivity index (χ0v) is 19.1. The van der Waals surface area contributed by atoms with E-state index in [4.69, 9.17) is 0 Å². The Labute approximate surface area is 193 Å². The highest BCUT2D eigenvalue weighted by Crippen LogP contribution is 2.31. The average Bonchev–Trinajstić information content (AvgIpc) is 3.45. The summed E-state index contributed by atoms with van der Waals surface area (Å²) in [6, 6.07) is 8.42. The number of likely N-dealkylation sites (tertiary alicyclic amines) is 1. The molecule has 33 heavy (non-hydrogen) atoms. The average molecular weight is 457 g/mol. The van der Waals surface area contributed by atoms with Crippen molar-refractivity contribution in [1.82, 2.24) is 30.5 Å². The van der Waals surface area contributed by atoms with Crippen molar-refractivity contribution in [3.05, 3.63) is 35.9 Å². The number of nitrogens with zero attached hydrogens (tertiary/aromatic N) is 4. The molecule has 3 fully saturated rings. The number of carbonyl (C=O) groups excluding carboxylic acids is 4. The van der Waals surface area contributed by atoms with Gasteiger partial charge in [0.2, 0.25) is 5.91 Å². The molecule has 0 bridgehead atoms. The van der Waals surface area contributed by atoms with E-state index >= 15 is 0 Å². The minimum atomic E-state index is -1.18. The molecule has 4 rings (SSSR count). The minimum absolute atomic E-state index is 0.0788. The topological polar surface area (TPSA) is 105 Å². The minimum Gasteiger partial charge on any atom is -0.342 e. The highest BCUT2D eigenvalue weighted by molar-refractivity contribution is 6.08. The number of amides is 5. The second-order valence-corrected chi connectivity index (χ2v) is 8.87. The van der Waals surface area contributed by atoms with Gasteiger partial charge in [-0.3, -0.25) is 29.6 Å². The van der Waals surface area contributed by atoms with Crippen LogP contribution in [-0.2, 0) is 19.9 Å². The molecule has 1 aromatic carbocycles. The fraction of sp³-hybridized carbons (Fsp3) is 0.565. The van der Waals surface area contributed by atoms with E-state index in [1.165, 1.54) is 0 Å². The van der Waals surface area contributed by atoms with Crippen molar-refractivity contribution >= 4 is 23.8 Å². The molecule has 0 aliphatic carbocycles. The van der Waals surface area contributed by atoms with E-state index in [-0.39, 0.29) is 12.5 Å². The Bertz CT molecular complexity index is 895. The monoisotopic (exact) mass is 456 g/mol. The molecule has 5 amide bonds. The predicted molar refractivity (Wildman–Crippen MR) is 121 cm³/mol. The molecule has 1 atom stereocenters. The lowest BCUT2D eigenvalue weighted by Crippen LogP contribution is -2.54. The van der Waals surface area contributed by atoms with Gasteiger partial charge < -0.3 is 10.2 Å². The first kappa shape index (κ1) is 23.2. The van der Waals surface area contributed by atoms with Gasteiger partial charge in [0.15, 0.2) is 0 Å². The van der Waals surface area contributed by atoms with Crippen molar-refractivity contribution in [2.45, 2.75) is 31.7 Å². The Morgan fingerprint density at radius 2 is 1.55 bits per heavy atom. The van der Waals surface area contributed by atoms with Crippen LogP contribution in [0, 0.1) is 0 Å². The van der Waals surface area contributed by atoms with E-state index in [2.05, 4.69) is 15.6 Å². The first-order valence-electron chi connectivity index (χ1n) is 11.7. The van der Waals surface area contributed by atoms with Gasteiger partial charge in [0.05, 0.1) is 13.1 Å². The van der Waals surface area contributed by atoms with Gasteiger partial charge in [-0.2, -0.15) is 5.01 Å². The van der Waals surface area contributed by atoms with E-state index < -0.39 is 23.4 Å². The standard InChI is InChI=1S/C23H32N6O4/c1-2-23(18-8-4-3-5-9-18)21(32)29(22(33)24-23)25-19(30)16-26-12-14-27(15-13-26)17-20(31)28-10-6-7-11-28/h3-5,8-9H,2,6-7,10-17H2,1H3,(H,24,33)(H,25,30). The summed E-state index contributed by atoms with van der Waals surface area (Å²) in [5, 5.41) is 3.55. The number of hydrogen-bond donors (Lipinski definition) is 2. The molecule has 2 N–H and O–H groups in total. The smallest absolute Gasteiger partial charge is 0.342 e. The van der Waals surface area contributed by atoms with E-state index in [0.29, 0.717) is 44.7 Å². The molecule has 178 valence electrons. The summed E-state index contributed by atoms with van der Waals surface area (Å²) in [6.07, 6.45) is 2.53. The van der Waals surface area contributed by atoms with Crippen LogP contribution in [0.3, 0.4) is 0 Å². The zero-order valence-electron chi connectivity index (χ0n) is 19.1. The Hall–Kier alpha value is -2.98. The largest absolute Gasteiger partial charge is 0.344 e. The van der Waals surface area contributed by atoms with Crippen LogP contribution in [0.25, 0.3) is 0 Å². The number of benzene rings is 1. The van der Waals surface area contributed by atoms with E-state index in [9.17, 15) is 19.2 Å². The maximum Gasteiger partial charge on any atom is 0.344 e. The number of imide groups is 1. The first-order valence-corrected chi connectivity index (χ1v) is 11.7. The Morgan fingerprint density at radius 1 is 0.939 bits per heavy atom. The predicted octanol–water partition coefficient (Wildman–Crippen LogP) is 0.115. The van der Waals surface area contributed by atoms with Crippen LogP contribution in [0.5, 0.6) is 0 Å². The van der Waals surface area contributed by atoms with Gasteiger partial charge in [-0.25, -0.2) is 4.79 Å². The normalized spacial score (nSPS) is 24.3. The van der Waals surface area contributed by atoms with Crippen LogP contribution in [0.15, 0.2) is 30.3 Å². The molecule has 3 aliphatic rings. The molecule has 10 heteroatoms. The third-order valence-corrected chi connectivity index (χ3v) is 6.77. The molecular formula is C23H32N6O4. The molecule has 0 aromatic heterocycles. The van der Waals surface area contributed by atoms with Crippen LogP contribution in [0.2, 0.25) is 0 Å². The number of nitrogens with one attached hydrogen (secondary N) is 2. The summed E-state index contributed by atoms with van der Waals surface area (Å²) in [5.41, 5.74) is 1.98. The van der Waals surface area contributed by atoms with E-state index in [0.717, 1.165) is 30.9 Å². The fourth-order valence-corrected chi connectivity index (χ4v) is 4.77. The summed E-state index contributed by atoms with van der Waals surface area (Å²) < 4.78 is 0. The Balaban J connectivity index is 1.27. The molecule has 1 aromatic rings. The highest BCUT2D eigenvalue weighted by atomic mass is 16.2. The van der Waals surface area contributed by atoms with Gasteiger partial charge in [-0.1, -0.05) is 37.3 Å². The van der Waals surface area contributed by atoms with Crippen LogP contribution < -0.4 is 10.7 Å². The number of rotatable bonds is 7. The molecule has 0 saturated carbocycles. The summed E-state index contributed by atoms with van der Waals surface area (Å²) in [5.74, 6) is -0.727. The molecular weight excluding hydrogens is 424 g/mol. The lowest BCUT2D eigenvalue weighted by molar-refractivity contribution is -0.140. The molecule has 0 radical (unpaired) electrons. The molecule has 0 spiro atoms. The van der Waals surface area contributed by atoms with Gasteiger partial charge in [0.1, 0.15) is 5.54 Å². The third-order valence-electron chi connectivity index (χ3n) is 6.77. The second kappa shape index (κ2) is 9.88. The number of piperazine rings is 1. The SMILES string of the molecule is CCC1(c2ccccc2)NC(=O)N(NC(=O)CN2CCN(CC(=O)N3CCCC3)CC2)C1=O. The quantitative estimate of drug-likeness (QED) is 0.565. The zero-order chi connectivity index (χ0) is 23.4. The second-order valence-electron chi connectivity index (χ2n) is 8.87. The van der Waals surface area contributed by atoms with Crippen molar-refractivity contribution in [2.24, 2.45) is 0 Å². The van der Waals surface area contributed by atoms with Gasteiger partial charge >= 0.3 is 6.03 Å². The van der Waals surface area contributed by atoms with Gasteiger partial charge in [0, 0.05) is 39.3 Å². The third kappa shape index (κ3) is 4.86. The number of hydrazine groups is 1. The van der Waals surface area contributed by atoms with Gasteiger partial charge in [-0.15, -0.1) is 0 Å². The van der Waals surface area contributed by atoms with Gasteiger partial charge in [-0.05, 0) is 24.8 Å². The summed E-state index contributed by atoms with van der Waals surface area (Å²) >= 11 is 0. The molecule has 3 heterocycles. The maximum atomic E-state index is 13.1. The van der Waals surface area contributed by atoms with Crippen molar-refractivity contribution < 1.29 is 19.2 Å². The highest BCUT2D eigenvalue weighted by Gasteiger charge is 2.52. The van der Waals surface area contributed by atoms with Crippen LogP contribution >= 0.6 is 0 Å².